The molecule has 0 aliphatic carbocycles. The van der Waals surface area contributed by atoms with Crippen molar-refractivity contribution in [2.75, 3.05) is 7.11 Å². The van der Waals surface area contributed by atoms with E-state index in [0.29, 0.717) is 17.1 Å². The lowest BCUT2D eigenvalue weighted by atomic mass is 10.2. The molecule has 1 aromatic heterocycles. The Morgan fingerprint density at radius 3 is 2.72 bits per heavy atom. The van der Waals surface area contributed by atoms with Crippen molar-refractivity contribution in [1.29, 1.82) is 0 Å². The SMILES string of the molecule is COc1cccc(Oc2cc(C)ncc2CO)c1. The second kappa shape index (κ2) is 5.51. The molecule has 2 rings (SSSR count). The molecule has 0 spiro atoms. The van der Waals surface area contributed by atoms with Crippen LogP contribution in [0.1, 0.15) is 11.3 Å². The minimum atomic E-state index is -0.105. The highest BCUT2D eigenvalue weighted by Gasteiger charge is 2.06. The first-order valence-electron chi connectivity index (χ1n) is 5.61. The fraction of sp³-hybridized carbons (Fsp3) is 0.214. The third-order valence-corrected chi connectivity index (χ3v) is 2.52. The Bertz CT molecular complexity index is 540. The average Bonchev–Trinajstić information content (AvgIpc) is 2.39. The number of benzene rings is 1. The maximum Gasteiger partial charge on any atom is 0.136 e. The van der Waals surface area contributed by atoms with Crippen molar-refractivity contribution in [3.05, 3.63) is 47.8 Å². The van der Waals surface area contributed by atoms with Crippen LogP contribution in [-0.2, 0) is 6.61 Å². The molecule has 4 heteroatoms. The summed E-state index contributed by atoms with van der Waals surface area (Å²) in [6.45, 7) is 1.77. The van der Waals surface area contributed by atoms with Crippen molar-refractivity contribution in [2.24, 2.45) is 0 Å². The lowest BCUT2D eigenvalue weighted by molar-refractivity contribution is 0.276. The molecule has 4 nitrogen and oxygen atoms in total. The largest absolute Gasteiger partial charge is 0.497 e. The molecule has 0 aliphatic rings. The van der Waals surface area contributed by atoms with Crippen LogP contribution in [0.25, 0.3) is 0 Å². The summed E-state index contributed by atoms with van der Waals surface area (Å²) < 4.78 is 10.9. The van der Waals surface area contributed by atoms with Gasteiger partial charge in [-0.05, 0) is 19.1 Å². The molecule has 1 heterocycles. The molecule has 94 valence electrons. The van der Waals surface area contributed by atoms with Crippen LogP contribution in [-0.4, -0.2) is 17.2 Å². The van der Waals surface area contributed by atoms with Gasteiger partial charge in [-0.1, -0.05) is 6.07 Å². The van der Waals surface area contributed by atoms with Gasteiger partial charge in [-0.15, -0.1) is 0 Å². The third kappa shape index (κ3) is 2.78. The predicted molar refractivity (Wildman–Crippen MR) is 68.0 cm³/mol. The van der Waals surface area contributed by atoms with Gasteiger partial charge in [0.05, 0.1) is 13.7 Å². The van der Waals surface area contributed by atoms with E-state index in [1.807, 2.05) is 25.1 Å². The standard InChI is InChI=1S/C14H15NO3/c1-10-6-14(11(9-16)8-15-10)18-13-5-3-4-12(7-13)17-2/h3-8,16H,9H2,1-2H3. The van der Waals surface area contributed by atoms with Crippen molar-refractivity contribution in [3.63, 3.8) is 0 Å². The molecule has 0 saturated heterocycles. The van der Waals surface area contributed by atoms with Gasteiger partial charge in [0.25, 0.3) is 0 Å². The molecule has 0 bridgehead atoms. The molecule has 0 radical (unpaired) electrons. The van der Waals surface area contributed by atoms with E-state index in [0.717, 1.165) is 11.4 Å². The summed E-state index contributed by atoms with van der Waals surface area (Å²) in [5.41, 5.74) is 1.49. The topological polar surface area (TPSA) is 51.6 Å². The van der Waals surface area contributed by atoms with E-state index in [9.17, 15) is 5.11 Å². The van der Waals surface area contributed by atoms with Crippen LogP contribution in [0.5, 0.6) is 17.2 Å². The van der Waals surface area contributed by atoms with E-state index in [1.165, 1.54) is 0 Å². The number of nitrogens with zero attached hydrogens (tertiary/aromatic N) is 1. The van der Waals surface area contributed by atoms with E-state index < -0.39 is 0 Å². The van der Waals surface area contributed by atoms with E-state index in [1.54, 1.807) is 25.4 Å². The zero-order valence-electron chi connectivity index (χ0n) is 10.4. The second-order valence-electron chi connectivity index (χ2n) is 3.87. The van der Waals surface area contributed by atoms with Crippen molar-refractivity contribution in [1.82, 2.24) is 4.98 Å². The maximum absolute atomic E-state index is 9.24. The molecular formula is C14H15NO3. The van der Waals surface area contributed by atoms with Crippen LogP contribution in [0.15, 0.2) is 36.5 Å². The van der Waals surface area contributed by atoms with E-state index >= 15 is 0 Å². The van der Waals surface area contributed by atoms with Crippen LogP contribution in [0, 0.1) is 6.92 Å². The minimum absolute atomic E-state index is 0.105. The zero-order valence-corrected chi connectivity index (χ0v) is 10.4. The predicted octanol–water partition coefficient (Wildman–Crippen LogP) is 2.68. The molecule has 2 aromatic rings. The van der Waals surface area contributed by atoms with Gasteiger partial charge in [0, 0.05) is 29.6 Å². The first-order chi connectivity index (χ1) is 8.72. The van der Waals surface area contributed by atoms with Crippen LogP contribution in [0.4, 0.5) is 0 Å². The highest BCUT2D eigenvalue weighted by molar-refractivity contribution is 5.40. The Kier molecular flexibility index (Phi) is 3.79. The number of aryl methyl sites for hydroxylation is 1. The number of ether oxygens (including phenoxy) is 2. The molecule has 0 saturated carbocycles. The van der Waals surface area contributed by atoms with Gasteiger partial charge in [-0.25, -0.2) is 0 Å². The summed E-state index contributed by atoms with van der Waals surface area (Å²) in [5.74, 6) is 2.00. The van der Waals surface area contributed by atoms with Crippen molar-refractivity contribution >= 4 is 0 Å². The Morgan fingerprint density at radius 2 is 2.00 bits per heavy atom. The van der Waals surface area contributed by atoms with Crippen molar-refractivity contribution in [2.45, 2.75) is 13.5 Å². The van der Waals surface area contributed by atoms with Crippen molar-refractivity contribution < 1.29 is 14.6 Å². The summed E-state index contributed by atoms with van der Waals surface area (Å²) >= 11 is 0. The maximum atomic E-state index is 9.24. The molecule has 0 aliphatic heterocycles. The molecule has 0 fully saturated rings. The number of methoxy groups -OCH3 is 1. The van der Waals surface area contributed by atoms with E-state index in [-0.39, 0.29) is 6.61 Å². The first kappa shape index (κ1) is 12.4. The molecule has 18 heavy (non-hydrogen) atoms. The van der Waals surface area contributed by atoms with Gasteiger partial charge in [-0.3, -0.25) is 4.98 Å². The highest BCUT2D eigenvalue weighted by Crippen LogP contribution is 2.28. The Labute approximate surface area is 106 Å². The van der Waals surface area contributed by atoms with Crippen LogP contribution in [0.2, 0.25) is 0 Å². The number of hydrogen-bond donors (Lipinski definition) is 1. The van der Waals surface area contributed by atoms with E-state index in [4.69, 9.17) is 9.47 Å². The Balaban J connectivity index is 2.29. The fourth-order valence-electron chi connectivity index (χ4n) is 1.57. The zero-order chi connectivity index (χ0) is 13.0. The third-order valence-electron chi connectivity index (χ3n) is 2.52. The van der Waals surface area contributed by atoms with Gasteiger partial charge in [0.1, 0.15) is 17.2 Å². The quantitative estimate of drug-likeness (QED) is 0.899. The lowest BCUT2D eigenvalue weighted by Gasteiger charge is -2.10. The molecule has 0 unspecified atom stereocenters. The monoisotopic (exact) mass is 245 g/mol. The molecule has 0 atom stereocenters. The number of aromatic nitrogens is 1. The normalized spacial score (nSPS) is 10.2. The number of rotatable bonds is 4. The molecular weight excluding hydrogens is 230 g/mol. The van der Waals surface area contributed by atoms with Crippen LogP contribution >= 0.6 is 0 Å². The van der Waals surface area contributed by atoms with Gasteiger partial charge in [0.15, 0.2) is 0 Å². The summed E-state index contributed by atoms with van der Waals surface area (Å²) in [6.07, 6.45) is 1.62. The van der Waals surface area contributed by atoms with Gasteiger partial charge in [-0.2, -0.15) is 0 Å². The number of aliphatic hydroxyl groups is 1. The van der Waals surface area contributed by atoms with Crippen LogP contribution in [0.3, 0.4) is 0 Å². The number of pyridine rings is 1. The van der Waals surface area contributed by atoms with E-state index in [2.05, 4.69) is 4.98 Å². The smallest absolute Gasteiger partial charge is 0.136 e. The Hall–Kier alpha value is -2.07. The molecule has 1 aromatic carbocycles. The summed E-state index contributed by atoms with van der Waals surface area (Å²) in [4.78, 5) is 4.12. The fourth-order valence-corrected chi connectivity index (χ4v) is 1.57. The van der Waals surface area contributed by atoms with Gasteiger partial charge >= 0.3 is 0 Å². The summed E-state index contributed by atoms with van der Waals surface area (Å²) in [7, 11) is 1.61. The molecule has 0 amide bonds. The minimum Gasteiger partial charge on any atom is -0.497 e. The summed E-state index contributed by atoms with van der Waals surface area (Å²) in [6, 6.07) is 9.11. The average molecular weight is 245 g/mol. The summed E-state index contributed by atoms with van der Waals surface area (Å²) in [5, 5.41) is 9.24. The Morgan fingerprint density at radius 1 is 1.22 bits per heavy atom. The van der Waals surface area contributed by atoms with Gasteiger partial charge < -0.3 is 14.6 Å². The lowest BCUT2D eigenvalue weighted by Crippen LogP contribution is -1.95. The second-order valence-corrected chi connectivity index (χ2v) is 3.87. The van der Waals surface area contributed by atoms with Crippen LogP contribution < -0.4 is 9.47 Å². The first-order valence-corrected chi connectivity index (χ1v) is 5.61. The van der Waals surface area contributed by atoms with Gasteiger partial charge in [0.2, 0.25) is 0 Å². The van der Waals surface area contributed by atoms with Crippen molar-refractivity contribution in [3.8, 4) is 17.2 Å². The highest BCUT2D eigenvalue weighted by atomic mass is 16.5. The molecule has 1 N–H and O–H groups in total. The number of hydrogen-bond acceptors (Lipinski definition) is 4. The number of aliphatic hydroxyl groups excluding tert-OH is 1.